The molecule has 0 aliphatic carbocycles. The number of anilines is 2. The Kier molecular flexibility index (Phi) is 5.51. The van der Waals surface area contributed by atoms with E-state index in [4.69, 9.17) is 9.15 Å². The zero-order chi connectivity index (χ0) is 17.5. The van der Waals surface area contributed by atoms with Crippen molar-refractivity contribution in [3.63, 3.8) is 0 Å². The van der Waals surface area contributed by atoms with Crippen LogP contribution in [-0.4, -0.2) is 23.6 Å². The van der Waals surface area contributed by atoms with Crippen molar-refractivity contribution < 1.29 is 9.15 Å². The van der Waals surface area contributed by atoms with Crippen LogP contribution in [0.25, 0.3) is 0 Å². The highest BCUT2D eigenvalue weighted by molar-refractivity contribution is 5.42. The Balaban J connectivity index is 1.56. The first-order valence-electron chi connectivity index (χ1n) is 8.21. The molecule has 1 aromatic carbocycles. The fourth-order valence-corrected chi connectivity index (χ4v) is 2.48. The molecule has 0 unspecified atom stereocenters. The van der Waals surface area contributed by atoms with Crippen LogP contribution in [0.15, 0.2) is 53.1 Å². The van der Waals surface area contributed by atoms with E-state index in [9.17, 15) is 0 Å². The molecule has 0 bridgehead atoms. The molecule has 2 N–H and O–H groups in total. The van der Waals surface area contributed by atoms with Crippen molar-refractivity contribution in [2.24, 2.45) is 0 Å². The Morgan fingerprint density at radius 1 is 1.08 bits per heavy atom. The van der Waals surface area contributed by atoms with Crippen molar-refractivity contribution >= 4 is 11.8 Å². The number of methoxy groups -OCH3 is 1. The molecule has 0 spiro atoms. The summed E-state index contributed by atoms with van der Waals surface area (Å²) in [6.45, 7) is 3.29. The summed E-state index contributed by atoms with van der Waals surface area (Å²) in [4.78, 5) is 8.90. The number of hydrogen-bond acceptors (Lipinski definition) is 6. The van der Waals surface area contributed by atoms with E-state index in [2.05, 4.69) is 26.7 Å². The topological polar surface area (TPSA) is 72.2 Å². The number of benzene rings is 1. The molecule has 3 rings (SSSR count). The third-order valence-electron chi connectivity index (χ3n) is 3.71. The summed E-state index contributed by atoms with van der Waals surface area (Å²) >= 11 is 0. The van der Waals surface area contributed by atoms with Crippen LogP contribution in [0.1, 0.15) is 17.0 Å². The molecule has 25 heavy (non-hydrogen) atoms. The van der Waals surface area contributed by atoms with Gasteiger partial charge < -0.3 is 19.8 Å². The van der Waals surface area contributed by atoms with Crippen molar-refractivity contribution in [2.45, 2.75) is 19.9 Å². The summed E-state index contributed by atoms with van der Waals surface area (Å²) in [5.41, 5.74) is 2.12. The van der Waals surface area contributed by atoms with Crippen LogP contribution >= 0.6 is 0 Å². The van der Waals surface area contributed by atoms with E-state index in [0.717, 1.165) is 36.0 Å². The molecular formula is C19H22N4O2. The highest BCUT2D eigenvalue weighted by atomic mass is 16.5. The maximum absolute atomic E-state index is 5.30. The van der Waals surface area contributed by atoms with E-state index < -0.39 is 0 Å². The van der Waals surface area contributed by atoms with Crippen LogP contribution in [0.2, 0.25) is 0 Å². The Bertz CT molecular complexity index is 803. The number of nitrogens with zero attached hydrogens (tertiary/aromatic N) is 2. The van der Waals surface area contributed by atoms with Gasteiger partial charge in [0.15, 0.2) is 0 Å². The van der Waals surface area contributed by atoms with Crippen LogP contribution in [0.5, 0.6) is 5.75 Å². The lowest BCUT2D eigenvalue weighted by atomic mass is 10.1. The van der Waals surface area contributed by atoms with Gasteiger partial charge in [-0.25, -0.2) is 4.98 Å². The number of ether oxygens (including phenoxy) is 1. The summed E-state index contributed by atoms with van der Waals surface area (Å²) in [5, 5.41) is 6.53. The second kappa shape index (κ2) is 8.19. The molecule has 0 radical (unpaired) electrons. The minimum absolute atomic E-state index is 0.555. The summed E-state index contributed by atoms with van der Waals surface area (Å²) in [6.07, 6.45) is 2.54. The van der Waals surface area contributed by atoms with E-state index >= 15 is 0 Å². The maximum atomic E-state index is 5.30. The van der Waals surface area contributed by atoms with Gasteiger partial charge in [-0.1, -0.05) is 12.1 Å². The molecule has 0 saturated carbocycles. The molecule has 2 heterocycles. The van der Waals surface area contributed by atoms with Crippen LogP contribution in [-0.2, 0) is 13.0 Å². The van der Waals surface area contributed by atoms with E-state index in [1.165, 1.54) is 5.56 Å². The summed E-state index contributed by atoms with van der Waals surface area (Å²) in [7, 11) is 1.68. The third kappa shape index (κ3) is 4.97. The van der Waals surface area contributed by atoms with E-state index in [0.29, 0.717) is 12.5 Å². The Morgan fingerprint density at radius 3 is 2.80 bits per heavy atom. The fourth-order valence-electron chi connectivity index (χ4n) is 2.48. The van der Waals surface area contributed by atoms with E-state index in [1.54, 1.807) is 13.4 Å². The number of furan rings is 1. The van der Waals surface area contributed by atoms with Gasteiger partial charge in [-0.05, 0) is 43.2 Å². The highest BCUT2D eigenvalue weighted by Crippen LogP contribution is 2.14. The normalized spacial score (nSPS) is 10.5. The van der Waals surface area contributed by atoms with Crippen LogP contribution < -0.4 is 15.4 Å². The molecule has 2 aromatic heterocycles. The maximum Gasteiger partial charge on any atom is 0.225 e. The Labute approximate surface area is 147 Å². The smallest absolute Gasteiger partial charge is 0.225 e. The lowest BCUT2D eigenvalue weighted by Gasteiger charge is -2.10. The summed E-state index contributed by atoms with van der Waals surface area (Å²) in [6, 6.07) is 13.8. The predicted molar refractivity (Wildman–Crippen MR) is 98.0 cm³/mol. The average Bonchev–Trinajstić information content (AvgIpc) is 3.13. The number of aromatic nitrogens is 2. The number of nitrogens with one attached hydrogen (secondary N) is 2. The van der Waals surface area contributed by atoms with E-state index in [-0.39, 0.29) is 0 Å². The van der Waals surface area contributed by atoms with Gasteiger partial charge >= 0.3 is 0 Å². The lowest BCUT2D eigenvalue weighted by Crippen LogP contribution is -2.10. The molecule has 0 atom stereocenters. The van der Waals surface area contributed by atoms with Crippen molar-refractivity contribution in [3.05, 3.63) is 65.7 Å². The molecule has 0 fully saturated rings. The molecule has 0 saturated heterocycles. The van der Waals surface area contributed by atoms with Crippen LogP contribution in [0.3, 0.4) is 0 Å². The molecule has 0 aliphatic heterocycles. The Hall–Kier alpha value is -3.02. The SMILES string of the molecule is COc1cccc(CCNc2cc(C)nc(NCc3ccco3)n2)c1. The third-order valence-corrected chi connectivity index (χ3v) is 3.71. The molecule has 0 aliphatic rings. The van der Waals surface area contributed by atoms with Gasteiger partial charge in [-0.3, -0.25) is 0 Å². The van der Waals surface area contributed by atoms with Crippen molar-refractivity contribution in [2.75, 3.05) is 24.3 Å². The largest absolute Gasteiger partial charge is 0.497 e. The standard InChI is InChI=1S/C19H22N4O2/c1-14-11-18(20-9-8-15-5-3-6-16(12-15)24-2)23-19(22-14)21-13-17-7-4-10-25-17/h3-7,10-12H,8-9,13H2,1-2H3,(H2,20,21,22,23). The zero-order valence-electron chi connectivity index (χ0n) is 14.5. The van der Waals surface area contributed by atoms with Crippen molar-refractivity contribution in [1.82, 2.24) is 9.97 Å². The number of hydrogen-bond donors (Lipinski definition) is 2. The highest BCUT2D eigenvalue weighted by Gasteiger charge is 2.04. The molecule has 3 aromatic rings. The zero-order valence-corrected chi connectivity index (χ0v) is 14.5. The number of aryl methyl sites for hydroxylation is 1. The quantitative estimate of drug-likeness (QED) is 0.653. The second-order valence-corrected chi connectivity index (χ2v) is 5.68. The van der Waals surface area contributed by atoms with Gasteiger partial charge in [0.25, 0.3) is 0 Å². The van der Waals surface area contributed by atoms with Gasteiger partial charge in [-0.2, -0.15) is 4.98 Å². The number of rotatable bonds is 8. The van der Waals surface area contributed by atoms with E-state index in [1.807, 2.05) is 43.3 Å². The first kappa shape index (κ1) is 16.8. The van der Waals surface area contributed by atoms with Gasteiger partial charge in [0.1, 0.15) is 17.3 Å². The summed E-state index contributed by atoms with van der Waals surface area (Å²) < 4.78 is 10.6. The fraction of sp³-hybridized carbons (Fsp3) is 0.263. The van der Waals surface area contributed by atoms with Crippen molar-refractivity contribution in [1.29, 1.82) is 0 Å². The molecular weight excluding hydrogens is 316 g/mol. The minimum Gasteiger partial charge on any atom is -0.497 e. The van der Waals surface area contributed by atoms with Gasteiger partial charge in [-0.15, -0.1) is 0 Å². The van der Waals surface area contributed by atoms with Gasteiger partial charge in [0.05, 0.1) is 19.9 Å². The average molecular weight is 338 g/mol. The minimum atomic E-state index is 0.555. The monoisotopic (exact) mass is 338 g/mol. The van der Waals surface area contributed by atoms with Crippen molar-refractivity contribution in [3.8, 4) is 5.75 Å². The molecule has 0 amide bonds. The van der Waals surface area contributed by atoms with Crippen LogP contribution in [0.4, 0.5) is 11.8 Å². The molecule has 6 nitrogen and oxygen atoms in total. The first-order chi connectivity index (χ1) is 12.2. The van der Waals surface area contributed by atoms with Crippen LogP contribution in [0, 0.1) is 6.92 Å². The van der Waals surface area contributed by atoms with Gasteiger partial charge in [0.2, 0.25) is 5.95 Å². The second-order valence-electron chi connectivity index (χ2n) is 5.68. The first-order valence-corrected chi connectivity index (χ1v) is 8.21. The predicted octanol–water partition coefficient (Wildman–Crippen LogP) is 3.65. The molecule has 6 heteroatoms. The lowest BCUT2D eigenvalue weighted by molar-refractivity contribution is 0.414. The van der Waals surface area contributed by atoms with Gasteiger partial charge in [0, 0.05) is 18.3 Å². The summed E-state index contributed by atoms with van der Waals surface area (Å²) in [5.74, 6) is 3.11. The molecule has 130 valence electrons. The Morgan fingerprint density at radius 2 is 2.00 bits per heavy atom.